The van der Waals surface area contributed by atoms with Crippen molar-refractivity contribution < 1.29 is 14.6 Å². The van der Waals surface area contributed by atoms with E-state index in [0.29, 0.717) is 10.8 Å². The number of carbonyl (C=O) groups is 1. The highest BCUT2D eigenvalue weighted by atomic mass is 35.5. The number of ether oxygens (including phenoxy) is 1. The van der Waals surface area contributed by atoms with Gasteiger partial charge in [0.25, 0.3) is 0 Å². The van der Waals surface area contributed by atoms with E-state index in [0.717, 1.165) is 16.9 Å². The first-order chi connectivity index (χ1) is 8.16. The summed E-state index contributed by atoms with van der Waals surface area (Å²) >= 11 is 7.04. The summed E-state index contributed by atoms with van der Waals surface area (Å²) < 4.78 is 5.44. The maximum atomic E-state index is 10.7. The van der Waals surface area contributed by atoms with E-state index in [-0.39, 0.29) is 11.5 Å². The number of hydrogen-bond acceptors (Lipinski definition) is 4. The Bertz CT molecular complexity index is 541. The summed E-state index contributed by atoms with van der Waals surface area (Å²) in [5.74, 6) is -0.424. The molecule has 6 heteroatoms. The summed E-state index contributed by atoms with van der Waals surface area (Å²) in [5, 5.41) is 10.9. The van der Waals surface area contributed by atoms with Crippen LogP contribution in [0.3, 0.4) is 0 Å². The van der Waals surface area contributed by atoms with E-state index >= 15 is 0 Å². The van der Waals surface area contributed by atoms with Gasteiger partial charge in [-0.25, -0.2) is 4.79 Å². The van der Waals surface area contributed by atoms with E-state index in [4.69, 9.17) is 21.4 Å². The number of thiophene rings is 1. The average molecular weight is 270 g/mol. The van der Waals surface area contributed by atoms with Crippen molar-refractivity contribution in [3.8, 4) is 5.75 Å². The van der Waals surface area contributed by atoms with Crippen molar-refractivity contribution in [2.24, 2.45) is 0 Å². The standard InChI is InChI=1S/C11H8ClNO3S/c12-9-4-13-2-1-7(9)5-16-8-3-10(11(14)15)17-6-8/h1-4,6H,5H2,(H,14,15). The third-order valence-electron chi connectivity index (χ3n) is 2.04. The summed E-state index contributed by atoms with van der Waals surface area (Å²) in [6.07, 6.45) is 3.16. The molecule has 0 aromatic carbocycles. The van der Waals surface area contributed by atoms with E-state index < -0.39 is 5.97 Å². The molecule has 0 radical (unpaired) electrons. The van der Waals surface area contributed by atoms with Crippen molar-refractivity contribution in [2.45, 2.75) is 6.61 Å². The molecule has 0 aliphatic carbocycles. The number of carboxylic acid groups (broad SMARTS) is 1. The van der Waals surface area contributed by atoms with Gasteiger partial charge in [0.2, 0.25) is 0 Å². The number of halogens is 1. The number of rotatable bonds is 4. The third-order valence-corrected chi connectivity index (χ3v) is 3.27. The van der Waals surface area contributed by atoms with E-state index in [1.165, 1.54) is 12.3 Å². The summed E-state index contributed by atoms with van der Waals surface area (Å²) in [6.45, 7) is 0.289. The molecule has 0 fully saturated rings. The van der Waals surface area contributed by atoms with Crippen LogP contribution in [0.4, 0.5) is 0 Å². The zero-order valence-electron chi connectivity index (χ0n) is 8.59. The lowest BCUT2D eigenvalue weighted by Gasteiger charge is -2.04. The molecule has 17 heavy (non-hydrogen) atoms. The smallest absolute Gasteiger partial charge is 0.346 e. The number of nitrogens with zero attached hydrogens (tertiary/aromatic N) is 1. The summed E-state index contributed by atoms with van der Waals surface area (Å²) in [7, 11) is 0. The molecule has 88 valence electrons. The molecule has 2 aromatic heterocycles. The first-order valence-electron chi connectivity index (χ1n) is 4.70. The molecule has 2 heterocycles. The van der Waals surface area contributed by atoms with Gasteiger partial charge in [-0.05, 0) is 6.07 Å². The van der Waals surface area contributed by atoms with E-state index in [1.54, 1.807) is 17.6 Å². The molecule has 2 rings (SSSR count). The minimum atomic E-state index is -0.952. The van der Waals surface area contributed by atoms with Gasteiger partial charge < -0.3 is 9.84 Å². The van der Waals surface area contributed by atoms with Gasteiger partial charge in [-0.1, -0.05) is 11.6 Å². The molecular weight excluding hydrogens is 262 g/mol. The van der Waals surface area contributed by atoms with Crippen LogP contribution < -0.4 is 4.74 Å². The monoisotopic (exact) mass is 269 g/mol. The molecule has 0 atom stereocenters. The molecule has 2 aromatic rings. The lowest BCUT2D eigenvalue weighted by molar-refractivity contribution is 0.0702. The number of aromatic nitrogens is 1. The van der Waals surface area contributed by atoms with Crippen LogP contribution in [0, 0.1) is 0 Å². The highest BCUT2D eigenvalue weighted by molar-refractivity contribution is 7.12. The Labute approximate surface area is 106 Å². The summed E-state index contributed by atoms with van der Waals surface area (Å²) in [4.78, 5) is 14.8. The van der Waals surface area contributed by atoms with Crippen molar-refractivity contribution in [3.63, 3.8) is 0 Å². The quantitative estimate of drug-likeness (QED) is 0.927. The van der Waals surface area contributed by atoms with Crippen molar-refractivity contribution in [2.75, 3.05) is 0 Å². The largest absolute Gasteiger partial charge is 0.488 e. The normalized spacial score (nSPS) is 10.2. The Hall–Kier alpha value is -1.59. The van der Waals surface area contributed by atoms with E-state index in [2.05, 4.69) is 4.98 Å². The molecule has 0 saturated heterocycles. The fourth-order valence-corrected chi connectivity index (χ4v) is 2.03. The number of aromatic carboxylic acids is 1. The van der Waals surface area contributed by atoms with Gasteiger partial charge in [-0.15, -0.1) is 11.3 Å². The lowest BCUT2D eigenvalue weighted by atomic mass is 10.3. The van der Waals surface area contributed by atoms with Gasteiger partial charge >= 0.3 is 5.97 Å². The van der Waals surface area contributed by atoms with E-state index in [1.807, 2.05) is 0 Å². The second-order valence-electron chi connectivity index (χ2n) is 3.21. The second-order valence-corrected chi connectivity index (χ2v) is 4.53. The van der Waals surface area contributed by atoms with Gasteiger partial charge in [-0.3, -0.25) is 4.98 Å². The summed E-state index contributed by atoms with van der Waals surface area (Å²) in [6, 6.07) is 3.24. The van der Waals surface area contributed by atoms with Crippen molar-refractivity contribution in [1.29, 1.82) is 0 Å². The second kappa shape index (κ2) is 5.16. The average Bonchev–Trinajstić information content (AvgIpc) is 2.77. The van der Waals surface area contributed by atoms with Crippen molar-refractivity contribution in [3.05, 3.63) is 45.4 Å². The number of hydrogen-bond donors (Lipinski definition) is 1. The molecule has 0 aliphatic rings. The molecule has 4 nitrogen and oxygen atoms in total. The zero-order valence-corrected chi connectivity index (χ0v) is 10.2. The Morgan fingerprint density at radius 3 is 3.06 bits per heavy atom. The molecule has 0 unspecified atom stereocenters. The van der Waals surface area contributed by atoms with Crippen molar-refractivity contribution in [1.82, 2.24) is 4.98 Å². The first kappa shape index (κ1) is 11.9. The van der Waals surface area contributed by atoms with Gasteiger partial charge in [-0.2, -0.15) is 0 Å². The fourth-order valence-electron chi connectivity index (χ4n) is 1.19. The van der Waals surface area contributed by atoms with Crippen LogP contribution >= 0.6 is 22.9 Å². The van der Waals surface area contributed by atoms with Crippen LogP contribution in [0.2, 0.25) is 5.02 Å². The maximum absolute atomic E-state index is 10.7. The number of carboxylic acids is 1. The SMILES string of the molecule is O=C(O)c1cc(OCc2ccncc2Cl)cs1. The van der Waals surface area contributed by atoms with Gasteiger partial charge in [0.1, 0.15) is 17.2 Å². The molecule has 0 aliphatic heterocycles. The van der Waals surface area contributed by atoms with Crippen molar-refractivity contribution >= 4 is 28.9 Å². The van der Waals surface area contributed by atoms with Gasteiger partial charge in [0, 0.05) is 29.4 Å². The Balaban J connectivity index is 2.02. The predicted octanol–water partition coefficient (Wildman–Crippen LogP) is 3.07. The molecule has 0 spiro atoms. The van der Waals surface area contributed by atoms with Crippen LogP contribution in [0.25, 0.3) is 0 Å². The first-order valence-corrected chi connectivity index (χ1v) is 5.95. The molecule has 0 bridgehead atoms. The lowest BCUT2D eigenvalue weighted by Crippen LogP contribution is -1.96. The predicted molar refractivity (Wildman–Crippen MR) is 64.9 cm³/mol. The van der Waals surface area contributed by atoms with Gasteiger partial charge in [0.05, 0.1) is 5.02 Å². The minimum absolute atomic E-state index is 0.251. The molecule has 0 saturated carbocycles. The maximum Gasteiger partial charge on any atom is 0.346 e. The van der Waals surface area contributed by atoms with Crippen LogP contribution in [0.5, 0.6) is 5.75 Å². The topological polar surface area (TPSA) is 59.4 Å². The van der Waals surface area contributed by atoms with Crippen LogP contribution in [0.1, 0.15) is 15.2 Å². The summed E-state index contributed by atoms with van der Waals surface area (Å²) in [5.41, 5.74) is 0.810. The Morgan fingerprint density at radius 1 is 1.59 bits per heavy atom. The zero-order chi connectivity index (χ0) is 12.3. The molecular formula is C11H8ClNO3S. The molecule has 0 amide bonds. The molecule has 1 N–H and O–H groups in total. The minimum Gasteiger partial charge on any atom is -0.488 e. The number of pyridine rings is 1. The Morgan fingerprint density at radius 2 is 2.41 bits per heavy atom. The van der Waals surface area contributed by atoms with Gasteiger partial charge in [0.15, 0.2) is 0 Å². The fraction of sp³-hybridized carbons (Fsp3) is 0.0909. The highest BCUT2D eigenvalue weighted by Gasteiger charge is 2.08. The van der Waals surface area contributed by atoms with Crippen LogP contribution in [-0.4, -0.2) is 16.1 Å². The Kier molecular flexibility index (Phi) is 3.61. The van der Waals surface area contributed by atoms with Crippen LogP contribution in [-0.2, 0) is 6.61 Å². The van der Waals surface area contributed by atoms with E-state index in [9.17, 15) is 4.79 Å². The third kappa shape index (κ3) is 2.95. The highest BCUT2D eigenvalue weighted by Crippen LogP contribution is 2.23. The van der Waals surface area contributed by atoms with Crippen LogP contribution in [0.15, 0.2) is 29.9 Å².